The van der Waals surface area contributed by atoms with Gasteiger partial charge in [-0.2, -0.15) is 0 Å². The number of nitrogens with two attached hydrogens (primary N) is 1. The Labute approximate surface area is 110 Å². The summed E-state index contributed by atoms with van der Waals surface area (Å²) in [6.07, 6.45) is 3.09. The minimum absolute atomic E-state index is 0.128. The molecule has 0 saturated heterocycles. The normalized spacial score (nSPS) is 10.3. The van der Waals surface area contributed by atoms with Crippen molar-refractivity contribution in [1.29, 1.82) is 0 Å². The summed E-state index contributed by atoms with van der Waals surface area (Å²) in [7, 11) is 0. The predicted octanol–water partition coefficient (Wildman–Crippen LogP) is 2.24. The first-order valence-electron chi connectivity index (χ1n) is 5.81. The smallest absolute Gasteiger partial charge is 0.257 e. The number of hydrogen-bond donors (Lipinski definition) is 2. The van der Waals surface area contributed by atoms with Crippen molar-refractivity contribution in [3.8, 4) is 0 Å². The van der Waals surface area contributed by atoms with Crippen molar-refractivity contribution in [2.45, 2.75) is 13.5 Å². The number of halogens is 1. The number of pyridine rings is 1. The highest BCUT2D eigenvalue weighted by atomic mass is 19.1. The fourth-order valence-corrected chi connectivity index (χ4v) is 1.66. The van der Waals surface area contributed by atoms with Gasteiger partial charge in [0.2, 0.25) is 0 Å². The van der Waals surface area contributed by atoms with Crippen LogP contribution in [0, 0.1) is 12.7 Å². The molecule has 1 heterocycles. The lowest BCUT2D eigenvalue weighted by Crippen LogP contribution is -2.13. The SMILES string of the molecule is Cc1cncc(C(=O)Nc2ccc(CN)cc2F)c1. The van der Waals surface area contributed by atoms with Gasteiger partial charge in [-0.3, -0.25) is 9.78 Å². The standard InChI is InChI=1S/C14H14FN3O/c1-9-4-11(8-17-7-9)14(19)18-13-3-2-10(6-16)5-12(13)15/h2-5,7-8H,6,16H2,1H3,(H,18,19). The van der Waals surface area contributed by atoms with Crippen molar-refractivity contribution in [1.82, 2.24) is 4.98 Å². The van der Waals surface area contributed by atoms with Crippen LogP contribution in [0.2, 0.25) is 0 Å². The summed E-state index contributed by atoms with van der Waals surface area (Å²) in [6.45, 7) is 2.09. The first kappa shape index (κ1) is 13.2. The molecule has 1 aromatic carbocycles. The molecule has 2 rings (SSSR count). The Hall–Kier alpha value is -2.27. The number of aromatic nitrogens is 1. The van der Waals surface area contributed by atoms with Gasteiger partial charge in [0.1, 0.15) is 5.82 Å². The van der Waals surface area contributed by atoms with Gasteiger partial charge in [-0.05, 0) is 36.2 Å². The van der Waals surface area contributed by atoms with Gasteiger partial charge in [0.05, 0.1) is 11.3 Å². The summed E-state index contributed by atoms with van der Waals surface area (Å²) >= 11 is 0. The molecule has 5 heteroatoms. The van der Waals surface area contributed by atoms with Gasteiger partial charge >= 0.3 is 0 Å². The molecular formula is C14H14FN3O. The zero-order valence-corrected chi connectivity index (χ0v) is 10.5. The molecule has 2 aromatic rings. The van der Waals surface area contributed by atoms with Crippen LogP contribution < -0.4 is 11.1 Å². The van der Waals surface area contributed by atoms with Crippen LogP contribution in [-0.2, 0) is 6.54 Å². The van der Waals surface area contributed by atoms with Crippen LogP contribution in [0.5, 0.6) is 0 Å². The summed E-state index contributed by atoms with van der Waals surface area (Å²) in [5, 5.41) is 2.51. The second kappa shape index (κ2) is 5.58. The van der Waals surface area contributed by atoms with E-state index in [0.717, 1.165) is 5.56 Å². The van der Waals surface area contributed by atoms with Crippen LogP contribution in [-0.4, -0.2) is 10.9 Å². The number of benzene rings is 1. The fraction of sp³-hybridized carbons (Fsp3) is 0.143. The summed E-state index contributed by atoms with van der Waals surface area (Å²) in [4.78, 5) is 15.9. The van der Waals surface area contributed by atoms with Gasteiger partial charge in [-0.15, -0.1) is 0 Å². The monoisotopic (exact) mass is 259 g/mol. The molecule has 0 atom stereocenters. The molecule has 98 valence electrons. The molecule has 0 aliphatic carbocycles. The summed E-state index contributed by atoms with van der Waals surface area (Å²) < 4.78 is 13.7. The zero-order chi connectivity index (χ0) is 13.8. The first-order valence-corrected chi connectivity index (χ1v) is 5.81. The third-order valence-corrected chi connectivity index (χ3v) is 2.65. The molecule has 3 N–H and O–H groups in total. The van der Waals surface area contributed by atoms with Gasteiger partial charge in [-0.25, -0.2) is 4.39 Å². The van der Waals surface area contributed by atoms with Gasteiger partial charge in [0.25, 0.3) is 5.91 Å². The Bertz CT molecular complexity index is 613. The molecule has 0 saturated carbocycles. The van der Waals surface area contributed by atoms with E-state index in [4.69, 9.17) is 5.73 Å². The molecule has 0 aliphatic rings. The average Bonchev–Trinajstić information content (AvgIpc) is 2.41. The number of anilines is 1. The Kier molecular flexibility index (Phi) is 3.87. The number of carbonyl (C=O) groups excluding carboxylic acids is 1. The lowest BCUT2D eigenvalue weighted by Gasteiger charge is -2.07. The second-order valence-corrected chi connectivity index (χ2v) is 4.22. The summed E-state index contributed by atoms with van der Waals surface area (Å²) in [5.41, 5.74) is 7.48. The minimum atomic E-state index is -0.503. The van der Waals surface area contributed by atoms with Gasteiger partial charge in [-0.1, -0.05) is 6.07 Å². The molecule has 0 radical (unpaired) electrons. The summed E-state index contributed by atoms with van der Waals surface area (Å²) in [5.74, 6) is -0.896. The minimum Gasteiger partial charge on any atom is -0.326 e. The molecule has 0 aliphatic heterocycles. The maximum Gasteiger partial charge on any atom is 0.257 e. The van der Waals surface area contributed by atoms with Crippen LogP contribution >= 0.6 is 0 Å². The maximum atomic E-state index is 13.7. The molecule has 0 bridgehead atoms. The van der Waals surface area contributed by atoms with Crippen LogP contribution in [0.4, 0.5) is 10.1 Å². The maximum absolute atomic E-state index is 13.7. The number of nitrogens with one attached hydrogen (secondary N) is 1. The number of aryl methyl sites for hydroxylation is 1. The van der Waals surface area contributed by atoms with Crippen LogP contribution in [0.15, 0.2) is 36.7 Å². The highest BCUT2D eigenvalue weighted by Crippen LogP contribution is 2.16. The van der Waals surface area contributed by atoms with Crippen LogP contribution in [0.25, 0.3) is 0 Å². The third-order valence-electron chi connectivity index (χ3n) is 2.65. The number of rotatable bonds is 3. The Morgan fingerprint density at radius 2 is 2.16 bits per heavy atom. The number of carbonyl (C=O) groups is 1. The van der Waals surface area contributed by atoms with E-state index >= 15 is 0 Å². The van der Waals surface area contributed by atoms with E-state index in [1.54, 1.807) is 18.3 Å². The highest BCUT2D eigenvalue weighted by Gasteiger charge is 2.10. The Morgan fingerprint density at radius 1 is 1.37 bits per heavy atom. The summed E-state index contributed by atoms with van der Waals surface area (Å²) in [6, 6.07) is 6.17. The van der Waals surface area contributed by atoms with Crippen molar-refractivity contribution in [2.75, 3.05) is 5.32 Å². The quantitative estimate of drug-likeness (QED) is 0.888. The van der Waals surface area contributed by atoms with Gasteiger partial charge < -0.3 is 11.1 Å². The molecule has 19 heavy (non-hydrogen) atoms. The molecule has 1 amide bonds. The lowest BCUT2D eigenvalue weighted by molar-refractivity contribution is 0.102. The van der Waals surface area contributed by atoms with Crippen LogP contribution in [0.1, 0.15) is 21.5 Å². The lowest BCUT2D eigenvalue weighted by atomic mass is 10.1. The largest absolute Gasteiger partial charge is 0.326 e. The first-order chi connectivity index (χ1) is 9.10. The molecule has 0 fully saturated rings. The highest BCUT2D eigenvalue weighted by molar-refractivity contribution is 6.04. The van der Waals surface area contributed by atoms with E-state index in [1.165, 1.54) is 18.3 Å². The Morgan fingerprint density at radius 3 is 2.79 bits per heavy atom. The number of hydrogen-bond acceptors (Lipinski definition) is 3. The van der Waals surface area contributed by atoms with Crippen molar-refractivity contribution in [3.63, 3.8) is 0 Å². The fourth-order valence-electron chi connectivity index (χ4n) is 1.66. The van der Waals surface area contributed by atoms with E-state index in [0.29, 0.717) is 11.1 Å². The van der Waals surface area contributed by atoms with Crippen LogP contribution in [0.3, 0.4) is 0 Å². The molecular weight excluding hydrogens is 245 g/mol. The number of nitrogens with zero attached hydrogens (tertiary/aromatic N) is 1. The third kappa shape index (κ3) is 3.14. The van der Waals surface area contributed by atoms with E-state index < -0.39 is 11.7 Å². The van der Waals surface area contributed by atoms with Crippen molar-refractivity contribution in [2.24, 2.45) is 5.73 Å². The predicted molar refractivity (Wildman–Crippen MR) is 71.2 cm³/mol. The van der Waals surface area contributed by atoms with E-state index in [9.17, 15) is 9.18 Å². The average molecular weight is 259 g/mol. The van der Waals surface area contributed by atoms with Crippen molar-refractivity contribution < 1.29 is 9.18 Å². The van der Waals surface area contributed by atoms with Gasteiger partial charge in [0.15, 0.2) is 0 Å². The topological polar surface area (TPSA) is 68.0 Å². The van der Waals surface area contributed by atoms with E-state index in [1.807, 2.05) is 6.92 Å². The molecule has 0 spiro atoms. The number of amides is 1. The second-order valence-electron chi connectivity index (χ2n) is 4.22. The van der Waals surface area contributed by atoms with E-state index in [-0.39, 0.29) is 12.2 Å². The van der Waals surface area contributed by atoms with E-state index in [2.05, 4.69) is 10.3 Å². The Balaban J connectivity index is 2.19. The van der Waals surface area contributed by atoms with Crippen molar-refractivity contribution in [3.05, 3.63) is 59.2 Å². The van der Waals surface area contributed by atoms with Gasteiger partial charge in [0, 0.05) is 18.9 Å². The van der Waals surface area contributed by atoms with Crippen molar-refractivity contribution >= 4 is 11.6 Å². The molecule has 4 nitrogen and oxygen atoms in total. The molecule has 1 aromatic heterocycles. The molecule has 0 unspecified atom stereocenters. The zero-order valence-electron chi connectivity index (χ0n) is 10.5.